The average Bonchev–Trinajstić information content (AvgIpc) is 2.92. The van der Waals surface area contributed by atoms with Gasteiger partial charge in [0.05, 0.1) is 17.9 Å². The van der Waals surface area contributed by atoms with Crippen molar-refractivity contribution in [2.45, 2.75) is 38.7 Å². The van der Waals surface area contributed by atoms with Crippen molar-refractivity contribution < 1.29 is 19.1 Å². The Kier molecular flexibility index (Phi) is 4.49. The Balaban J connectivity index is 1.89. The zero-order valence-corrected chi connectivity index (χ0v) is 16.3. The quantitative estimate of drug-likeness (QED) is 0.764. The van der Waals surface area contributed by atoms with E-state index < -0.39 is 5.92 Å². The van der Waals surface area contributed by atoms with Crippen molar-refractivity contribution in [3.05, 3.63) is 56.3 Å². The number of hydrogen-bond acceptors (Lipinski definition) is 5. The van der Waals surface area contributed by atoms with Crippen LogP contribution in [0.15, 0.2) is 45.2 Å². The number of Topliss-reactive ketones (excluding diaryl/α,β-unsaturated/α-hetero) is 1. The molecule has 4 rings (SSSR count). The Hall–Kier alpha value is -1.92. The van der Waals surface area contributed by atoms with Crippen LogP contribution >= 0.6 is 15.9 Å². The smallest absolute Gasteiger partial charge is 0.337 e. The molecule has 0 spiro atoms. The molecule has 0 saturated carbocycles. The molecule has 0 radical (unpaired) electrons. The number of benzene rings is 1. The van der Waals surface area contributed by atoms with Gasteiger partial charge in [0.15, 0.2) is 5.78 Å². The van der Waals surface area contributed by atoms with Gasteiger partial charge in [0.2, 0.25) is 0 Å². The molecule has 3 aliphatic rings. The maximum atomic E-state index is 12.7. The minimum Gasteiger partial charge on any atom is -0.452 e. The summed E-state index contributed by atoms with van der Waals surface area (Å²) in [6.45, 7) is 4.45. The summed E-state index contributed by atoms with van der Waals surface area (Å²) in [6, 6.07) is 5.97. The molecule has 0 unspecified atom stereocenters. The predicted octanol–water partition coefficient (Wildman–Crippen LogP) is 3.28. The van der Waals surface area contributed by atoms with E-state index in [1.807, 2.05) is 25.1 Å². The lowest BCUT2D eigenvalue weighted by Gasteiger charge is -2.32. The summed E-state index contributed by atoms with van der Waals surface area (Å²) < 4.78 is 12.0. The third-order valence-corrected chi connectivity index (χ3v) is 5.98. The van der Waals surface area contributed by atoms with Crippen molar-refractivity contribution in [3.8, 4) is 0 Å². The average molecular weight is 418 g/mol. The molecule has 0 aromatic heterocycles. The van der Waals surface area contributed by atoms with Gasteiger partial charge in [0, 0.05) is 21.7 Å². The molecule has 0 aliphatic carbocycles. The molecule has 6 heteroatoms. The summed E-state index contributed by atoms with van der Waals surface area (Å²) in [5, 5.41) is 3.29. The van der Waals surface area contributed by atoms with Crippen molar-refractivity contribution in [3.63, 3.8) is 0 Å². The summed E-state index contributed by atoms with van der Waals surface area (Å²) >= 11 is 3.57. The Bertz CT molecular complexity index is 871. The maximum Gasteiger partial charge on any atom is 0.337 e. The van der Waals surface area contributed by atoms with E-state index in [1.54, 1.807) is 0 Å². The number of nitrogens with one attached hydrogen (secondary N) is 1. The van der Waals surface area contributed by atoms with Crippen molar-refractivity contribution in [2.24, 2.45) is 0 Å². The normalized spacial score (nSPS) is 25.0. The number of aryl methyl sites for hydroxylation is 1. The van der Waals surface area contributed by atoms with Gasteiger partial charge in [-0.25, -0.2) is 4.79 Å². The van der Waals surface area contributed by atoms with Crippen LogP contribution in [0.1, 0.15) is 36.8 Å². The van der Waals surface area contributed by atoms with Crippen molar-refractivity contribution in [2.75, 3.05) is 13.2 Å². The number of carbonyl (C=O) groups is 2. The van der Waals surface area contributed by atoms with Gasteiger partial charge in [-0.3, -0.25) is 4.79 Å². The third kappa shape index (κ3) is 2.72. The second kappa shape index (κ2) is 6.67. The summed E-state index contributed by atoms with van der Waals surface area (Å²) in [5.41, 5.74) is 4.74. The van der Waals surface area contributed by atoms with Crippen LogP contribution in [0.4, 0.5) is 0 Å². The molecule has 2 atom stereocenters. The highest BCUT2D eigenvalue weighted by Crippen LogP contribution is 2.45. The molecular weight excluding hydrogens is 398 g/mol. The van der Waals surface area contributed by atoms with Crippen LogP contribution in [0.5, 0.6) is 0 Å². The Morgan fingerprint density at radius 2 is 2.04 bits per heavy atom. The van der Waals surface area contributed by atoms with E-state index in [4.69, 9.17) is 9.47 Å². The first kappa shape index (κ1) is 17.5. The van der Waals surface area contributed by atoms with E-state index in [9.17, 15) is 9.59 Å². The van der Waals surface area contributed by atoms with Gasteiger partial charge in [-0.15, -0.1) is 0 Å². The van der Waals surface area contributed by atoms with Gasteiger partial charge < -0.3 is 14.8 Å². The standard InChI is InChI=1S/C20H20BrNO4/c1-3-4-15-19-18(20(24)26-15)16(11-6-5-10(2)12(21)7-11)17-13(22-19)8-25-9-14(17)23/h5-7,15-16,22H,3-4,8-9H2,1-2H3/t15-,16-/m1/s1. The Morgan fingerprint density at radius 1 is 1.23 bits per heavy atom. The Labute approximate surface area is 160 Å². The lowest BCUT2D eigenvalue weighted by molar-refractivity contribution is -0.140. The second-order valence-corrected chi connectivity index (χ2v) is 7.74. The first-order valence-corrected chi connectivity index (χ1v) is 9.62. The minimum atomic E-state index is -0.413. The van der Waals surface area contributed by atoms with Gasteiger partial charge in [-0.1, -0.05) is 41.4 Å². The number of esters is 1. The second-order valence-electron chi connectivity index (χ2n) is 6.88. The number of carbonyl (C=O) groups excluding carboxylic acids is 2. The van der Waals surface area contributed by atoms with Crippen molar-refractivity contribution in [1.29, 1.82) is 0 Å². The number of hydrogen-bond donors (Lipinski definition) is 1. The molecule has 136 valence electrons. The third-order valence-electron chi connectivity index (χ3n) is 5.13. The number of dihydropyridines is 1. The molecule has 0 saturated heterocycles. The highest BCUT2D eigenvalue weighted by Gasteiger charge is 2.46. The number of ether oxygens (including phenoxy) is 2. The molecule has 3 aliphatic heterocycles. The minimum absolute atomic E-state index is 0.0418. The fourth-order valence-corrected chi connectivity index (χ4v) is 4.26. The highest BCUT2D eigenvalue weighted by atomic mass is 79.9. The van der Waals surface area contributed by atoms with Gasteiger partial charge in [-0.05, 0) is 30.5 Å². The van der Waals surface area contributed by atoms with Gasteiger partial charge in [0.1, 0.15) is 12.7 Å². The van der Waals surface area contributed by atoms with Crippen molar-refractivity contribution >= 4 is 27.7 Å². The zero-order valence-electron chi connectivity index (χ0n) is 14.7. The monoisotopic (exact) mass is 417 g/mol. The number of halogens is 1. The van der Waals surface area contributed by atoms with Crippen LogP contribution < -0.4 is 5.32 Å². The largest absolute Gasteiger partial charge is 0.452 e. The summed E-state index contributed by atoms with van der Waals surface area (Å²) in [4.78, 5) is 25.4. The zero-order chi connectivity index (χ0) is 18.4. The van der Waals surface area contributed by atoms with Crippen LogP contribution in [0.2, 0.25) is 0 Å². The van der Waals surface area contributed by atoms with Crippen LogP contribution in [-0.2, 0) is 19.1 Å². The van der Waals surface area contributed by atoms with Gasteiger partial charge >= 0.3 is 5.97 Å². The summed E-state index contributed by atoms with van der Waals surface area (Å²) in [5.74, 6) is -0.832. The first-order valence-electron chi connectivity index (χ1n) is 8.83. The van der Waals surface area contributed by atoms with E-state index in [0.717, 1.165) is 39.8 Å². The Morgan fingerprint density at radius 3 is 2.77 bits per heavy atom. The molecule has 3 heterocycles. The van der Waals surface area contributed by atoms with E-state index in [2.05, 4.69) is 28.2 Å². The van der Waals surface area contributed by atoms with Gasteiger partial charge in [-0.2, -0.15) is 0 Å². The van der Waals surface area contributed by atoms with E-state index in [-0.39, 0.29) is 24.5 Å². The van der Waals surface area contributed by atoms with Gasteiger partial charge in [0.25, 0.3) is 0 Å². The molecule has 0 bridgehead atoms. The highest BCUT2D eigenvalue weighted by molar-refractivity contribution is 9.10. The number of cyclic esters (lactones) is 1. The molecule has 5 nitrogen and oxygen atoms in total. The maximum absolute atomic E-state index is 12.7. The first-order chi connectivity index (χ1) is 12.5. The fraction of sp³-hybridized carbons (Fsp3) is 0.400. The van der Waals surface area contributed by atoms with Crippen molar-refractivity contribution in [1.82, 2.24) is 5.32 Å². The lowest BCUT2D eigenvalue weighted by Crippen LogP contribution is -2.38. The van der Waals surface area contributed by atoms with Crippen LogP contribution in [-0.4, -0.2) is 31.1 Å². The fourth-order valence-electron chi connectivity index (χ4n) is 3.86. The molecule has 0 fully saturated rings. The van der Waals surface area contributed by atoms with E-state index in [0.29, 0.717) is 17.8 Å². The molecule has 26 heavy (non-hydrogen) atoms. The van der Waals surface area contributed by atoms with Crippen LogP contribution in [0, 0.1) is 6.92 Å². The molecule has 1 N–H and O–H groups in total. The molecular formula is C20H20BrNO4. The summed E-state index contributed by atoms with van der Waals surface area (Å²) in [6.07, 6.45) is 1.36. The predicted molar refractivity (Wildman–Crippen MR) is 99.4 cm³/mol. The summed E-state index contributed by atoms with van der Waals surface area (Å²) in [7, 11) is 0. The lowest BCUT2D eigenvalue weighted by atomic mass is 9.78. The molecule has 1 aromatic carbocycles. The topological polar surface area (TPSA) is 64.6 Å². The van der Waals surface area contributed by atoms with E-state index >= 15 is 0 Å². The van der Waals surface area contributed by atoms with Crippen LogP contribution in [0.25, 0.3) is 0 Å². The molecule has 0 amide bonds. The molecule has 1 aromatic rings. The van der Waals surface area contributed by atoms with Crippen LogP contribution in [0.3, 0.4) is 0 Å². The number of rotatable bonds is 3. The SMILES string of the molecule is CCC[C@H]1OC(=O)C2=C1NC1=C(C(=O)COC1)[C@H]2c1ccc(C)c(Br)c1. The van der Waals surface area contributed by atoms with E-state index in [1.165, 1.54) is 0 Å². The number of ketones is 1.